The second kappa shape index (κ2) is 4.74. The van der Waals surface area contributed by atoms with Crippen LogP contribution in [0.2, 0.25) is 0 Å². The molecule has 0 spiro atoms. The van der Waals surface area contributed by atoms with Crippen LogP contribution in [0.5, 0.6) is 0 Å². The number of sulfone groups is 1. The lowest BCUT2D eigenvalue weighted by Gasteiger charge is -2.15. The van der Waals surface area contributed by atoms with E-state index in [2.05, 4.69) is 0 Å². The highest BCUT2D eigenvalue weighted by Gasteiger charge is 2.18. The fourth-order valence-electron chi connectivity index (χ4n) is 1.46. The van der Waals surface area contributed by atoms with E-state index in [0.717, 1.165) is 6.26 Å². The lowest BCUT2D eigenvalue weighted by atomic mass is 10.0. The van der Waals surface area contributed by atoms with Crippen LogP contribution < -0.4 is 5.73 Å². The summed E-state index contributed by atoms with van der Waals surface area (Å²) in [5, 5.41) is 9.09. The first-order chi connectivity index (χ1) is 7.00. The zero-order chi connectivity index (χ0) is 11.5. The van der Waals surface area contributed by atoms with E-state index in [9.17, 15) is 8.42 Å². The van der Waals surface area contributed by atoms with Gasteiger partial charge in [0.25, 0.3) is 0 Å². The molecule has 0 heterocycles. The van der Waals surface area contributed by atoms with Gasteiger partial charge in [-0.15, -0.1) is 0 Å². The highest BCUT2D eigenvalue weighted by Crippen LogP contribution is 2.22. The molecule has 0 aromatic heterocycles. The van der Waals surface area contributed by atoms with Crippen molar-refractivity contribution >= 4 is 9.84 Å². The van der Waals surface area contributed by atoms with E-state index < -0.39 is 9.84 Å². The van der Waals surface area contributed by atoms with Crippen LogP contribution in [0.1, 0.15) is 11.5 Å². The Balaban J connectivity index is 3.29. The largest absolute Gasteiger partial charge is 0.396 e. The number of hydrogen-bond donors (Lipinski definition) is 2. The molecule has 1 atom stereocenters. The van der Waals surface area contributed by atoms with Gasteiger partial charge in [-0.2, -0.15) is 0 Å². The second-order valence-corrected chi connectivity index (χ2v) is 5.41. The van der Waals surface area contributed by atoms with Crippen molar-refractivity contribution in [3.63, 3.8) is 0 Å². The van der Waals surface area contributed by atoms with Gasteiger partial charge in [-0.1, -0.05) is 18.2 Å². The Labute approximate surface area is 89.7 Å². The smallest absolute Gasteiger partial charge is 0.175 e. The molecule has 0 saturated carbocycles. The first-order valence-corrected chi connectivity index (χ1v) is 6.49. The first-order valence-electron chi connectivity index (χ1n) is 4.60. The predicted octanol–water partition coefficient (Wildman–Crippen LogP) is 0.125. The van der Waals surface area contributed by atoms with Crippen LogP contribution >= 0.6 is 0 Å². The van der Waals surface area contributed by atoms with E-state index in [1.165, 1.54) is 6.07 Å². The molecule has 1 aromatic rings. The van der Waals surface area contributed by atoms with Gasteiger partial charge in [-0.3, -0.25) is 0 Å². The Hall–Kier alpha value is -0.910. The van der Waals surface area contributed by atoms with Gasteiger partial charge >= 0.3 is 0 Å². The van der Waals surface area contributed by atoms with Gasteiger partial charge in [0.05, 0.1) is 11.5 Å². The van der Waals surface area contributed by atoms with E-state index in [0.29, 0.717) is 5.56 Å². The molecule has 15 heavy (non-hydrogen) atoms. The average Bonchev–Trinajstić information content (AvgIpc) is 2.19. The molecule has 0 radical (unpaired) electrons. The van der Waals surface area contributed by atoms with E-state index in [1.807, 2.05) is 0 Å². The van der Waals surface area contributed by atoms with Gasteiger partial charge in [-0.05, 0) is 11.6 Å². The summed E-state index contributed by atoms with van der Waals surface area (Å²) in [6, 6.07) is 6.61. The van der Waals surface area contributed by atoms with Gasteiger partial charge in [0.1, 0.15) is 0 Å². The summed E-state index contributed by atoms with van der Waals surface area (Å²) in [5.41, 5.74) is 6.06. The zero-order valence-electron chi connectivity index (χ0n) is 8.55. The van der Waals surface area contributed by atoms with E-state index in [1.54, 1.807) is 18.2 Å². The van der Waals surface area contributed by atoms with Gasteiger partial charge in [0.15, 0.2) is 9.84 Å². The Bertz CT molecular complexity index is 424. The monoisotopic (exact) mass is 229 g/mol. The lowest BCUT2D eigenvalue weighted by molar-refractivity contribution is 0.266. The van der Waals surface area contributed by atoms with Crippen LogP contribution in [0.25, 0.3) is 0 Å². The molecule has 0 aliphatic rings. The van der Waals surface area contributed by atoms with E-state index in [-0.39, 0.29) is 24.0 Å². The second-order valence-electron chi connectivity index (χ2n) is 3.43. The molecule has 0 aliphatic carbocycles. The molecule has 1 unspecified atom stereocenters. The fourth-order valence-corrected chi connectivity index (χ4v) is 2.44. The van der Waals surface area contributed by atoms with Crippen molar-refractivity contribution in [2.45, 2.75) is 10.8 Å². The summed E-state index contributed by atoms with van der Waals surface area (Å²) >= 11 is 0. The summed E-state index contributed by atoms with van der Waals surface area (Å²) in [7, 11) is -3.27. The van der Waals surface area contributed by atoms with Crippen LogP contribution in [0.15, 0.2) is 29.2 Å². The summed E-state index contributed by atoms with van der Waals surface area (Å²) in [6.45, 7) is 0.0755. The summed E-state index contributed by atoms with van der Waals surface area (Å²) < 4.78 is 22.9. The van der Waals surface area contributed by atoms with Crippen LogP contribution in [0.4, 0.5) is 0 Å². The van der Waals surface area contributed by atoms with E-state index in [4.69, 9.17) is 10.8 Å². The van der Waals surface area contributed by atoms with Crippen molar-refractivity contribution in [3.05, 3.63) is 29.8 Å². The number of hydrogen-bond acceptors (Lipinski definition) is 4. The molecule has 0 fully saturated rings. The van der Waals surface area contributed by atoms with Crippen LogP contribution in [-0.4, -0.2) is 32.9 Å². The molecule has 1 rings (SSSR count). The van der Waals surface area contributed by atoms with Crippen LogP contribution in [0.3, 0.4) is 0 Å². The molecule has 0 amide bonds. The maximum absolute atomic E-state index is 11.5. The third kappa shape index (κ3) is 2.77. The van der Waals surface area contributed by atoms with E-state index >= 15 is 0 Å². The van der Waals surface area contributed by atoms with Crippen LogP contribution in [-0.2, 0) is 9.84 Å². The Kier molecular flexibility index (Phi) is 3.84. The fraction of sp³-hybridized carbons (Fsp3) is 0.400. The average molecular weight is 229 g/mol. The van der Waals surface area contributed by atoms with Crippen molar-refractivity contribution < 1.29 is 13.5 Å². The van der Waals surface area contributed by atoms with Gasteiger partial charge in [0, 0.05) is 18.7 Å². The van der Waals surface area contributed by atoms with Crippen molar-refractivity contribution in [2.75, 3.05) is 19.4 Å². The van der Waals surface area contributed by atoms with Gasteiger partial charge in [0.2, 0.25) is 0 Å². The molecule has 0 aliphatic heterocycles. The van der Waals surface area contributed by atoms with Crippen molar-refractivity contribution in [1.29, 1.82) is 0 Å². The Morgan fingerprint density at radius 1 is 1.40 bits per heavy atom. The topological polar surface area (TPSA) is 80.4 Å². The number of rotatable bonds is 4. The molecule has 1 aromatic carbocycles. The minimum atomic E-state index is -3.27. The van der Waals surface area contributed by atoms with Crippen molar-refractivity contribution in [3.8, 4) is 0 Å². The lowest BCUT2D eigenvalue weighted by Crippen LogP contribution is -2.18. The molecule has 0 bridgehead atoms. The third-order valence-corrected chi connectivity index (χ3v) is 3.43. The number of aliphatic hydroxyl groups excluding tert-OH is 1. The summed E-state index contributed by atoms with van der Waals surface area (Å²) in [5.74, 6) is -0.323. The van der Waals surface area contributed by atoms with Crippen LogP contribution in [0, 0.1) is 0 Å². The molecular formula is C10H15NO3S. The Morgan fingerprint density at radius 2 is 2.00 bits per heavy atom. The van der Waals surface area contributed by atoms with Gasteiger partial charge < -0.3 is 10.8 Å². The highest BCUT2D eigenvalue weighted by molar-refractivity contribution is 7.90. The highest BCUT2D eigenvalue weighted by atomic mass is 32.2. The minimum absolute atomic E-state index is 0.150. The quantitative estimate of drug-likeness (QED) is 0.768. The maximum Gasteiger partial charge on any atom is 0.175 e. The third-order valence-electron chi connectivity index (χ3n) is 2.26. The summed E-state index contributed by atoms with van der Waals surface area (Å²) in [6.07, 6.45) is 1.15. The molecular weight excluding hydrogens is 214 g/mol. The molecule has 4 nitrogen and oxygen atoms in total. The first kappa shape index (κ1) is 12.2. The molecule has 84 valence electrons. The Morgan fingerprint density at radius 3 is 2.47 bits per heavy atom. The standard InChI is InChI=1S/C10H15NO3S/c1-15(13,14)10-5-3-2-4-9(10)8(6-11)7-12/h2-5,8,12H,6-7,11H2,1H3. The van der Waals surface area contributed by atoms with Crippen molar-refractivity contribution in [2.24, 2.45) is 5.73 Å². The molecule has 5 heteroatoms. The number of aliphatic hydroxyl groups is 1. The minimum Gasteiger partial charge on any atom is -0.396 e. The number of benzene rings is 1. The number of nitrogens with two attached hydrogens (primary N) is 1. The zero-order valence-corrected chi connectivity index (χ0v) is 9.37. The van der Waals surface area contributed by atoms with Crippen molar-refractivity contribution in [1.82, 2.24) is 0 Å². The van der Waals surface area contributed by atoms with Gasteiger partial charge in [-0.25, -0.2) is 8.42 Å². The normalized spacial score (nSPS) is 13.8. The SMILES string of the molecule is CS(=O)(=O)c1ccccc1C(CN)CO. The summed E-state index contributed by atoms with van der Waals surface area (Å²) in [4.78, 5) is 0.245. The molecule has 0 saturated heterocycles. The molecule has 3 N–H and O–H groups in total. The maximum atomic E-state index is 11.5. The predicted molar refractivity (Wildman–Crippen MR) is 58.4 cm³/mol.